The quantitative estimate of drug-likeness (QED) is 0.727. The number of anilines is 1. The van der Waals surface area contributed by atoms with Gasteiger partial charge >= 0.3 is 0 Å². The summed E-state index contributed by atoms with van der Waals surface area (Å²) in [6.45, 7) is 0.838. The SMILES string of the molecule is NC1=Cc2ccccc2NCc2ccsc21. The van der Waals surface area contributed by atoms with E-state index in [1.807, 2.05) is 18.2 Å². The van der Waals surface area contributed by atoms with Gasteiger partial charge in [0.15, 0.2) is 0 Å². The molecule has 1 aliphatic rings. The number of rotatable bonds is 0. The van der Waals surface area contributed by atoms with Crippen LogP contribution in [0.25, 0.3) is 11.8 Å². The Kier molecular flexibility index (Phi) is 2.18. The highest BCUT2D eigenvalue weighted by molar-refractivity contribution is 7.11. The minimum absolute atomic E-state index is 0.838. The average molecular weight is 228 g/mol. The molecule has 0 amide bonds. The van der Waals surface area contributed by atoms with E-state index in [0.717, 1.165) is 23.5 Å². The maximum absolute atomic E-state index is 6.12. The van der Waals surface area contributed by atoms with Crippen LogP contribution >= 0.6 is 11.3 Å². The van der Waals surface area contributed by atoms with E-state index < -0.39 is 0 Å². The van der Waals surface area contributed by atoms with E-state index in [2.05, 4.69) is 28.9 Å². The molecule has 16 heavy (non-hydrogen) atoms. The number of nitrogens with two attached hydrogens (primary N) is 1. The van der Waals surface area contributed by atoms with Crippen LogP contribution in [0.1, 0.15) is 16.0 Å². The zero-order chi connectivity index (χ0) is 11.0. The van der Waals surface area contributed by atoms with Crippen molar-refractivity contribution in [3.05, 3.63) is 51.7 Å². The van der Waals surface area contributed by atoms with Crippen molar-refractivity contribution >= 4 is 28.8 Å². The van der Waals surface area contributed by atoms with Gasteiger partial charge in [-0.15, -0.1) is 11.3 Å². The fourth-order valence-electron chi connectivity index (χ4n) is 1.94. The number of hydrogen-bond donors (Lipinski definition) is 2. The molecule has 0 atom stereocenters. The third-order valence-electron chi connectivity index (χ3n) is 2.75. The summed E-state index contributed by atoms with van der Waals surface area (Å²) in [5.74, 6) is 0. The van der Waals surface area contributed by atoms with E-state index in [4.69, 9.17) is 5.73 Å². The highest BCUT2D eigenvalue weighted by Gasteiger charge is 2.11. The Hall–Kier alpha value is -1.74. The van der Waals surface area contributed by atoms with Crippen molar-refractivity contribution in [2.24, 2.45) is 5.73 Å². The molecule has 2 nitrogen and oxygen atoms in total. The first-order valence-electron chi connectivity index (χ1n) is 5.21. The van der Waals surface area contributed by atoms with Gasteiger partial charge < -0.3 is 11.1 Å². The van der Waals surface area contributed by atoms with Gasteiger partial charge in [-0.3, -0.25) is 0 Å². The summed E-state index contributed by atoms with van der Waals surface area (Å²) in [6.07, 6.45) is 2.04. The van der Waals surface area contributed by atoms with Gasteiger partial charge in [0.1, 0.15) is 0 Å². The summed E-state index contributed by atoms with van der Waals surface area (Å²) >= 11 is 1.70. The molecule has 1 aliphatic heterocycles. The van der Waals surface area contributed by atoms with E-state index in [1.165, 1.54) is 10.4 Å². The fraction of sp³-hybridized carbons (Fsp3) is 0.0769. The van der Waals surface area contributed by atoms with Gasteiger partial charge in [0.05, 0.1) is 4.88 Å². The van der Waals surface area contributed by atoms with Gasteiger partial charge in [0, 0.05) is 17.9 Å². The zero-order valence-corrected chi connectivity index (χ0v) is 9.55. The van der Waals surface area contributed by atoms with E-state index in [9.17, 15) is 0 Å². The van der Waals surface area contributed by atoms with Crippen LogP contribution in [0.2, 0.25) is 0 Å². The lowest BCUT2D eigenvalue weighted by atomic mass is 10.1. The largest absolute Gasteiger partial charge is 0.398 e. The number of fused-ring (bicyclic) bond motifs is 2. The molecule has 0 saturated carbocycles. The molecule has 1 aromatic carbocycles. The van der Waals surface area contributed by atoms with Gasteiger partial charge in [0.2, 0.25) is 0 Å². The molecule has 0 saturated heterocycles. The second-order valence-electron chi connectivity index (χ2n) is 3.82. The van der Waals surface area contributed by atoms with Crippen LogP contribution in [0, 0.1) is 0 Å². The van der Waals surface area contributed by atoms with Crippen LogP contribution in [0.5, 0.6) is 0 Å². The van der Waals surface area contributed by atoms with E-state index in [0.29, 0.717) is 0 Å². The summed E-state index contributed by atoms with van der Waals surface area (Å²) in [6, 6.07) is 10.3. The number of benzene rings is 1. The minimum atomic E-state index is 0.838. The van der Waals surface area contributed by atoms with Crippen LogP contribution in [0.15, 0.2) is 35.7 Å². The van der Waals surface area contributed by atoms with Gasteiger partial charge in [-0.05, 0) is 34.7 Å². The molecule has 2 heterocycles. The molecule has 0 bridgehead atoms. The maximum atomic E-state index is 6.12. The second-order valence-corrected chi connectivity index (χ2v) is 4.73. The molecule has 0 spiro atoms. The molecular formula is C13H12N2S. The van der Waals surface area contributed by atoms with Crippen molar-refractivity contribution < 1.29 is 0 Å². The fourth-order valence-corrected chi connectivity index (χ4v) is 2.79. The Morgan fingerprint density at radius 1 is 1.19 bits per heavy atom. The first-order valence-corrected chi connectivity index (χ1v) is 6.09. The average Bonchev–Trinajstić information content (AvgIpc) is 2.74. The third-order valence-corrected chi connectivity index (χ3v) is 3.76. The Morgan fingerprint density at radius 2 is 2.06 bits per heavy atom. The van der Waals surface area contributed by atoms with Crippen LogP contribution in [0.3, 0.4) is 0 Å². The Morgan fingerprint density at radius 3 is 3.00 bits per heavy atom. The molecule has 0 aliphatic carbocycles. The summed E-state index contributed by atoms with van der Waals surface area (Å²) < 4.78 is 0. The summed E-state index contributed by atoms with van der Waals surface area (Å²) in [5, 5.41) is 5.52. The van der Waals surface area contributed by atoms with Gasteiger partial charge in [0.25, 0.3) is 0 Å². The first-order chi connectivity index (χ1) is 7.84. The van der Waals surface area contributed by atoms with Crippen LogP contribution < -0.4 is 11.1 Å². The van der Waals surface area contributed by atoms with Crippen molar-refractivity contribution in [3.8, 4) is 0 Å². The molecule has 0 fully saturated rings. The first kappa shape index (κ1) is 9.48. The molecule has 80 valence electrons. The Labute approximate surface area is 98.4 Å². The maximum Gasteiger partial charge on any atom is 0.0549 e. The molecule has 0 radical (unpaired) electrons. The second kappa shape index (κ2) is 3.68. The topological polar surface area (TPSA) is 38.0 Å². The van der Waals surface area contributed by atoms with Crippen molar-refractivity contribution in [1.29, 1.82) is 0 Å². The lowest BCUT2D eigenvalue weighted by Gasteiger charge is -2.14. The summed E-state index contributed by atoms with van der Waals surface area (Å²) in [7, 11) is 0. The molecule has 0 unspecified atom stereocenters. The smallest absolute Gasteiger partial charge is 0.0549 e. The predicted octanol–water partition coefficient (Wildman–Crippen LogP) is 3.13. The molecule has 1 aromatic heterocycles. The highest BCUT2D eigenvalue weighted by Crippen LogP contribution is 2.29. The zero-order valence-electron chi connectivity index (χ0n) is 8.73. The normalized spacial score (nSPS) is 13.9. The van der Waals surface area contributed by atoms with Crippen molar-refractivity contribution in [2.45, 2.75) is 6.54 Å². The molecular weight excluding hydrogens is 216 g/mol. The Bertz CT molecular complexity index is 555. The van der Waals surface area contributed by atoms with Gasteiger partial charge in [-0.2, -0.15) is 0 Å². The lowest BCUT2D eigenvalue weighted by molar-refractivity contribution is 1.15. The minimum Gasteiger partial charge on any atom is -0.398 e. The summed E-state index contributed by atoms with van der Waals surface area (Å²) in [5.41, 5.74) is 10.5. The van der Waals surface area contributed by atoms with Gasteiger partial charge in [-0.25, -0.2) is 0 Å². The van der Waals surface area contributed by atoms with Crippen LogP contribution in [-0.2, 0) is 6.54 Å². The monoisotopic (exact) mass is 228 g/mol. The predicted molar refractivity (Wildman–Crippen MR) is 70.1 cm³/mol. The van der Waals surface area contributed by atoms with Crippen molar-refractivity contribution in [3.63, 3.8) is 0 Å². The van der Waals surface area contributed by atoms with E-state index in [1.54, 1.807) is 11.3 Å². The molecule has 3 N–H and O–H groups in total. The van der Waals surface area contributed by atoms with Gasteiger partial charge in [-0.1, -0.05) is 18.2 Å². The summed E-state index contributed by atoms with van der Waals surface area (Å²) in [4.78, 5) is 1.18. The molecule has 3 heteroatoms. The number of hydrogen-bond acceptors (Lipinski definition) is 3. The van der Waals surface area contributed by atoms with Crippen molar-refractivity contribution in [2.75, 3.05) is 5.32 Å². The van der Waals surface area contributed by atoms with Crippen LogP contribution in [0.4, 0.5) is 5.69 Å². The molecule has 2 aromatic rings. The molecule has 3 rings (SSSR count). The Balaban J connectivity index is 2.17. The number of para-hydroxylation sites is 1. The van der Waals surface area contributed by atoms with E-state index in [-0.39, 0.29) is 0 Å². The lowest BCUT2D eigenvalue weighted by Crippen LogP contribution is -2.07. The van der Waals surface area contributed by atoms with Crippen LogP contribution in [-0.4, -0.2) is 0 Å². The van der Waals surface area contributed by atoms with E-state index >= 15 is 0 Å². The third kappa shape index (κ3) is 1.49. The van der Waals surface area contributed by atoms with Crippen molar-refractivity contribution in [1.82, 2.24) is 0 Å². The number of thiophene rings is 1. The number of nitrogens with one attached hydrogen (secondary N) is 1. The standard InChI is InChI=1S/C13H12N2S/c14-11-7-9-3-1-2-4-12(9)15-8-10-5-6-16-13(10)11/h1-7,15H,8,14H2. The highest BCUT2D eigenvalue weighted by atomic mass is 32.1.